The molecule has 0 atom stereocenters. The minimum atomic E-state index is -0.462. The first kappa shape index (κ1) is 22.4. The van der Waals surface area contributed by atoms with Gasteiger partial charge in [-0.2, -0.15) is 5.10 Å². The Kier molecular flexibility index (Phi) is 7.47. The van der Waals surface area contributed by atoms with Crippen LogP contribution in [0.2, 0.25) is 0 Å². The van der Waals surface area contributed by atoms with Crippen LogP contribution >= 0.6 is 0 Å². The number of rotatable bonds is 9. The number of carbonyl (C=O) groups excluding carboxylic acids is 1. The molecule has 0 radical (unpaired) electrons. The molecular weight excluding hydrogens is 417 g/mol. The molecule has 3 rings (SSSR count). The van der Waals surface area contributed by atoms with Crippen molar-refractivity contribution in [1.29, 1.82) is 0 Å². The van der Waals surface area contributed by atoms with Crippen LogP contribution in [0.1, 0.15) is 16.7 Å². The lowest BCUT2D eigenvalue weighted by Crippen LogP contribution is -2.19. The van der Waals surface area contributed by atoms with Gasteiger partial charge in [0.05, 0.1) is 24.7 Å². The van der Waals surface area contributed by atoms with E-state index in [0.29, 0.717) is 28.2 Å². The van der Waals surface area contributed by atoms with E-state index in [0.717, 1.165) is 0 Å². The number of amides is 1. The third kappa shape index (κ3) is 6.36. The standard InChI is InChI=1S/C23H20FN3O5/c1-31-22-12-17(14-25-26-23(28)13-16-5-8-19(24)9-6-16)7-10-21(22)32-15-18-3-2-4-20(11-18)27(29)30/h2-12,14H,13,15H2,1H3,(H,26,28)/b25-14+. The monoisotopic (exact) mass is 437 g/mol. The van der Waals surface area contributed by atoms with Gasteiger partial charge in [0.15, 0.2) is 11.5 Å². The number of non-ortho nitro benzene ring substituents is 1. The second-order valence-corrected chi connectivity index (χ2v) is 6.72. The predicted octanol–water partition coefficient (Wildman–Crippen LogP) is 4.01. The number of hydrogen-bond acceptors (Lipinski definition) is 6. The van der Waals surface area contributed by atoms with Gasteiger partial charge in [0.25, 0.3) is 5.69 Å². The fourth-order valence-corrected chi connectivity index (χ4v) is 2.81. The molecule has 1 N–H and O–H groups in total. The quantitative estimate of drug-likeness (QED) is 0.309. The molecule has 8 nitrogen and oxygen atoms in total. The molecule has 0 spiro atoms. The van der Waals surface area contributed by atoms with E-state index in [9.17, 15) is 19.3 Å². The zero-order valence-corrected chi connectivity index (χ0v) is 17.2. The van der Waals surface area contributed by atoms with Gasteiger partial charge in [-0.15, -0.1) is 0 Å². The summed E-state index contributed by atoms with van der Waals surface area (Å²) in [6.07, 6.45) is 1.53. The third-order valence-corrected chi connectivity index (χ3v) is 4.38. The number of nitrogens with one attached hydrogen (secondary N) is 1. The number of ether oxygens (including phenoxy) is 2. The van der Waals surface area contributed by atoms with Crippen molar-refractivity contribution in [2.24, 2.45) is 5.10 Å². The summed E-state index contributed by atoms with van der Waals surface area (Å²) in [5.41, 5.74) is 4.39. The van der Waals surface area contributed by atoms with Gasteiger partial charge in [0.1, 0.15) is 12.4 Å². The molecule has 164 valence electrons. The molecule has 9 heteroatoms. The Balaban J connectivity index is 1.58. The molecule has 32 heavy (non-hydrogen) atoms. The zero-order valence-electron chi connectivity index (χ0n) is 17.2. The van der Waals surface area contributed by atoms with Crippen molar-refractivity contribution in [3.05, 3.63) is 99.4 Å². The van der Waals surface area contributed by atoms with E-state index in [1.807, 2.05) is 0 Å². The van der Waals surface area contributed by atoms with Crippen LogP contribution in [0.3, 0.4) is 0 Å². The highest BCUT2D eigenvalue weighted by atomic mass is 19.1. The zero-order chi connectivity index (χ0) is 22.9. The number of nitro benzene ring substituents is 1. The summed E-state index contributed by atoms with van der Waals surface area (Å²) < 4.78 is 24.0. The van der Waals surface area contributed by atoms with Crippen LogP contribution in [0, 0.1) is 15.9 Å². The first-order valence-electron chi connectivity index (χ1n) is 9.55. The van der Waals surface area contributed by atoms with Gasteiger partial charge in [0.2, 0.25) is 5.91 Å². The van der Waals surface area contributed by atoms with Gasteiger partial charge in [0, 0.05) is 12.1 Å². The lowest BCUT2D eigenvalue weighted by atomic mass is 10.1. The second kappa shape index (κ2) is 10.7. The second-order valence-electron chi connectivity index (χ2n) is 6.72. The predicted molar refractivity (Wildman–Crippen MR) is 116 cm³/mol. The number of benzene rings is 3. The van der Waals surface area contributed by atoms with Crippen LogP contribution in [-0.2, 0) is 17.8 Å². The van der Waals surface area contributed by atoms with E-state index in [2.05, 4.69) is 10.5 Å². The summed E-state index contributed by atoms with van der Waals surface area (Å²) in [6, 6.07) is 16.9. The van der Waals surface area contributed by atoms with E-state index < -0.39 is 4.92 Å². The number of halogens is 1. The smallest absolute Gasteiger partial charge is 0.269 e. The van der Waals surface area contributed by atoms with Crippen molar-refractivity contribution in [2.75, 3.05) is 7.11 Å². The van der Waals surface area contributed by atoms with Crippen LogP contribution in [0.25, 0.3) is 0 Å². The molecule has 1 amide bonds. The topological polar surface area (TPSA) is 103 Å². The van der Waals surface area contributed by atoms with E-state index in [1.165, 1.54) is 49.7 Å². The van der Waals surface area contributed by atoms with Crippen molar-refractivity contribution < 1.29 is 23.6 Å². The maximum Gasteiger partial charge on any atom is 0.269 e. The van der Waals surface area contributed by atoms with Crippen LogP contribution in [0.5, 0.6) is 11.5 Å². The van der Waals surface area contributed by atoms with Crippen molar-refractivity contribution in [1.82, 2.24) is 5.43 Å². The molecule has 3 aromatic rings. The minimum Gasteiger partial charge on any atom is -0.493 e. The molecule has 0 aliphatic heterocycles. The number of methoxy groups -OCH3 is 1. The summed E-state index contributed by atoms with van der Waals surface area (Å²) in [5, 5.41) is 14.8. The van der Waals surface area contributed by atoms with Crippen molar-refractivity contribution in [3.8, 4) is 11.5 Å². The fourth-order valence-electron chi connectivity index (χ4n) is 2.81. The fraction of sp³-hybridized carbons (Fsp3) is 0.130. The van der Waals surface area contributed by atoms with Gasteiger partial charge in [-0.3, -0.25) is 14.9 Å². The van der Waals surface area contributed by atoms with Crippen molar-refractivity contribution in [3.63, 3.8) is 0 Å². The molecule has 0 aliphatic rings. The number of hydrogen-bond donors (Lipinski definition) is 1. The first-order valence-corrected chi connectivity index (χ1v) is 9.55. The van der Waals surface area contributed by atoms with Gasteiger partial charge < -0.3 is 9.47 Å². The summed E-state index contributed by atoms with van der Waals surface area (Å²) in [7, 11) is 1.49. The summed E-state index contributed by atoms with van der Waals surface area (Å²) in [5.74, 6) is 0.198. The Hall–Kier alpha value is -4.27. The molecule has 0 fully saturated rings. The number of nitro groups is 1. The molecule has 3 aromatic carbocycles. The molecule has 0 saturated carbocycles. The Bertz CT molecular complexity index is 1130. The highest BCUT2D eigenvalue weighted by Crippen LogP contribution is 2.28. The Morgan fingerprint density at radius 3 is 2.59 bits per heavy atom. The molecule has 0 bridgehead atoms. The van der Waals surface area contributed by atoms with Gasteiger partial charge in [-0.1, -0.05) is 24.3 Å². The Labute approximate surface area is 183 Å². The van der Waals surface area contributed by atoms with E-state index in [1.54, 1.807) is 30.3 Å². The third-order valence-electron chi connectivity index (χ3n) is 4.38. The Morgan fingerprint density at radius 2 is 1.88 bits per heavy atom. The molecule has 0 aromatic heterocycles. The Morgan fingerprint density at radius 1 is 1.09 bits per heavy atom. The molecule has 0 heterocycles. The molecule has 0 aliphatic carbocycles. The minimum absolute atomic E-state index is 0.00824. The summed E-state index contributed by atoms with van der Waals surface area (Å²) >= 11 is 0. The summed E-state index contributed by atoms with van der Waals surface area (Å²) in [4.78, 5) is 22.4. The average molecular weight is 437 g/mol. The SMILES string of the molecule is COc1cc(/C=N/NC(=O)Cc2ccc(F)cc2)ccc1OCc1cccc([N+](=O)[O-])c1. The molecular formula is C23H20FN3O5. The van der Waals surface area contributed by atoms with E-state index >= 15 is 0 Å². The molecule has 0 unspecified atom stereocenters. The number of carbonyl (C=O) groups is 1. The van der Waals surface area contributed by atoms with Crippen LogP contribution in [-0.4, -0.2) is 24.2 Å². The van der Waals surface area contributed by atoms with Gasteiger partial charge in [-0.25, -0.2) is 9.82 Å². The average Bonchev–Trinajstić information content (AvgIpc) is 2.79. The van der Waals surface area contributed by atoms with Gasteiger partial charge in [-0.05, 0) is 47.0 Å². The van der Waals surface area contributed by atoms with Crippen LogP contribution < -0.4 is 14.9 Å². The lowest BCUT2D eigenvalue weighted by Gasteiger charge is -2.11. The maximum absolute atomic E-state index is 12.9. The highest BCUT2D eigenvalue weighted by Gasteiger charge is 2.09. The first-order chi connectivity index (χ1) is 15.4. The van der Waals surface area contributed by atoms with Gasteiger partial charge >= 0.3 is 0 Å². The summed E-state index contributed by atoms with van der Waals surface area (Å²) in [6.45, 7) is 0.130. The molecule has 0 saturated heterocycles. The number of hydrazone groups is 1. The van der Waals surface area contributed by atoms with Crippen molar-refractivity contribution in [2.45, 2.75) is 13.0 Å². The van der Waals surface area contributed by atoms with Crippen LogP contribution in [0.4, 0.5) is 10.1 Å². The normalized spacial score (nSPS) is 10.7. The highest BCUT2D eigenvalue weighted by molar-refractivity contribution is 5.84. The van der Waals surface area contributed by atoms with Crippen LogP contribution in [0.15, 0.2) is 71.8 Å². The van der Waals surface area contributed by atoms with E-state index in [4.69, 9.17) is 9.47 Å². The number of nitrogens with zero attached hydrogens (tertiary/aromatic N) is 2. The lowest BCUT2D eigenvalue weighted by molar-refractivity contribution is -0.384. The van der Waals surface area contributed by atoms with Crippen molar-refractivity contribution >= 4 is 17.8 Å². The largest absolute Gasteiger partial charge is 0.493 e. The maximum atomic E-state index is 12.9. The van der Waals surface area contributed by atoms with E-state index in [-0.39, 0.29) is 30.4 Å².